The molecule has 0 saturated heterocycles. The fraction of sp³-hybridized carbons (Fsp3) is 0.429. The highest BCUT2D eigenvalue weighted by atomic mass is 14.7. The highest BCUT2D eigenvalue weighted by molar-refractivity contribution is 5.85. The first-order chi connectivity index (χ1) is 7.61. The van der Waals surface area contributed by atoms with E-state index in [-0.39, 0.29) is 6.04 Å². The highest BCUT2D eigenvalue weighted by Gasteiger charge is 2.11. The summed E-state index contributed by atoms with van der Waals surface area (Å²) in [6.07, 6.45) is 1.99. The molecule has 0 bridgehead atoms. The van der Waals surface area contributed by atoms with Crippen molar-refractivity contribution in [1.29, 1.82) is 0 Å². The molecule has 0 amide bonds. The Morgan fingerprint density at radius 2 is 2.06 bits per heavy atom. The Balaban J connectivity index is 2.50. The minimum atomic E-state index is 0.262. The first-order valence-electron chi connectivity index (χ1n) is 5.95. The lowest BCUT2D eigenvalue weighted by Gasteiger charge is -2.08. The molecule has 0 spiro atoms. The molecule has 2 rings (SSSR count). The largest absolute Gasteiger partial charge is 0.358 e. The Morgan fingerprint density at radius 1 is 1.31 bits per heavy atom. The van der Waals surface area contributed by atoms with Gasteiger partial charge in [0.15, 0.2) is 0 Å². The Kier molecular flexibility index (Phi) is 3.01. The van der Waals surface area contributed by atoms with Crippen LogP contribution in [0.25, 0.3) is 10.9 Å². The van der Waals surface area contributed by atoms with Crippen molar-refractivity contribution in [2.45, 2.75) is 39.7 Å². The van der Waals surface area contributed by atoms with Crippen molar-refractivity contribution < 1.29 is 0 Å². The Hall–Kier alpha value is -1.28. The average Bonchev–Trinajstić information content (AvgIpc) is 2.55. The van der Waals surface area contributed by atoms with E-state index in [0.717, 1.165) is 12.8 Å². The number of H-pyrrole nitrogens is 1. The Morgan fingerprint density at radius 3 is 2.75 bits per heavy atom. The lowest BCUT2D eigenvalue weighted by Crippen LogP contribution is -2.21. The van der Waals surface area contributed by atoms with E-state index in [1.165, 1.54) is 27.7 Å². The Labute approximate surface area is 96.9 Å². The van der Waals surface area contributed by atoms with Gasteiger partial charge in [-0.25, -0.2) is 0 Å². The van der Waals surface area contributed by atoms with E-state index in [9.17, 15) is 0 Å². The lowest BCUT2D eigenvalue weighted by atomic mass is 10.0. The zero-order valence-corrected chi connectivity index (χ0v) is 10.3. The lowest BCUT2D eigenvalue weighted by molar-refractivity contribution is 0.646. The molecule has 16 heavy (non-hydrogen) atoms. The number of rotatable bonds is 3. The summed E-state index contributed by atoms with van der Waals surface area (Å²) < 4.78 is 0. The van der Waals surface area contributed by atoms with E-state index in [2.05, 4.69) is 44.0 Å². The molecular formula is C14H20N2. The number of aromatic amines is 1. The van der Waals surface area contributed by atoms with Crippen LogP contribution in [0.5, 0.6) is 0 Å². The standard InChI is InChI=1S/C14H20N2/c1-4-11(15)8-12-10(3)16-14-6-5-9(2)7-13(12)14/h5-7,11,16H,4,8,15H2,1-3H3. The van der Waals surface area contributed by atoms with Crippen molar-refractivity contribution in [3.8, 4) is 0 Å². The van der Waals surface area contributed by atoms with E-state index in [1.54, 1.807) is 0 Å². The van der Waals surface area contributed by atoms with E-state index in [1.807, 2.05) is 0 Å². The van der Waals surface area contributed by atoms with Crippen LogP contribution in [-0.4, -0.2) is 11.0 Å². The monoisotopic (exact) mass is 216 g/mol. The maximum absolute atomic E-state index is 6.05. The molecule has 1 aromatic carbocycles. The van der Waals surface area contributed by atoms with Gasteiger partial charge in [0.25, 0.3) is 0 Å². The van der Waals surface area contributed by atoms with E-state index >= 15 is 0 Å². The molecule has 86 valence electrons. The molecule has 0 aliphatic heterocycles. The molecule has 1 atom stereocenters. The maximum Gasteiger partial charge on any atom is 0.0459 e. The molecule has 0 aliphatic rings. The minimum absolute atomic E-state index is 0.262. The molecule has 0 radical (unpaired) electrons. The Bertz CT molecular complexity index is 497. The smallest absolute Gasteiger partial charge is 0.0459 e. The molecule has 2 heteroatoms. The molecule has 0 aliphatic carbocycles. The van der Waals surface area contributed by atoms with E-state index in [4.69, 9.17) is 5.73 Å². The van der Waals surface area contributed by atoms with Gasteiger partial charge in [0.1, 0.15) is 0 Å². The van der Waals surface area contributed by atoms with Crippen molar-refractivity contribution in [2.24, 2.45) is 5.73 Å². The zero-order chi connectivity index (χ0) is 11.7. The summed E-state index contributed by atoms with van der Waals surface area (Å²) in [4.78, 5) is 3.43. The van der Waals surface area contributed by atoms with Crippen LogP contribution in [0.2, 0.25) is 0 Å². The molecule has 0 fully saturated rings. The van der Waals surface area contributed by atoms with Crippen LogP contribution in [0.3, 0.4) is 0 Å². The van der Waals surface area contributed by atoms with Gasteiger partial charge in [-0.3, -0.25) is 0 Å². The molecule has 1 unspecified atom stereocenters. The molecular weight excluding hydrogens is 196 g/mol. The first-order valence-corrected chi connectivity index (χ1v) is 5.95. The second-order valence-electron chi connectivity index (χ2n) is 4.65. The predicted octanol–water partition coefficient (Wildman–Crippen LogP) is 3.06. The van der Waals surface area contributed by atoms with Gasteiger partial charge in [-0.2, -0.15) is 0 Å². The van der Waals surface area contributed by atoms with Crippen molar-refractivity contribution in [3.63, 3.8) is 0 Å². The number of aryl methyl sites for hydroxylation is 2. The number of nitrogens with two attached hydrogens (primary N) is 1. The van der Waals surface area contributed by atoms with E-state index in [0.29, 0.717) is 0 Å². The van der Waals surface area contributed by atoms with Gasteiger partial charge in [-0.15, -0.1) is 0 Å². The van der Waals surface area contributed by atoms with Crippen LogP contribution in [-0.2, 0) is 6.42 Å². The second kappa shape index (κ2) is 4.30. The van der Waals surface area contributed by atoms with Gasteiger partial charge in [0.2, 0.25) is 0 Å². The van der Waals surface area contributed by atoms with Gasteiger partial charge in [0.05, 0.1) is 0 Å². The summed E-state index contributed by atoms with van der Waals surface area (Å²) in [6, 6.07) is 6.80. The fourth-order valence-electron chi connectivity index (χ4n) is 2.17. The third-order valence-corrected chi connectivity index (χ3v) is 3.27. The number of hydrogen-bond donors (Lipinski definition) is 2. The van der Waals surface area contributed by atoms with Crippen LogP contribution in [0, 0.1) is 13.8 Å². The van der Waals surface area contributed by atoms with Crippen LogP contribution in [0.4, 0.5) is 0 Å². The SMILES string of the molecule is CCC(N)Cc1c(C)[nH]c2ccc(C)cc12. The third kappa shape index (κ3) is 1.98. The second-order valence-corrected chi connectivity index (χ2v) is 4.65. The van der Waals surface area contributed by atoms with Gasteiger partial charge in [-0.1, -0.05) is 18.6 Å². The number of aromatic nitrogens is 1. The summed E-state index contributed by atoms with van der Waals surface area (Å²) in [5.41, 5.74) is 11.2. The third-order valence-electron chi connectivity index (χ3n) is 3.27. The highest BCUT2D eigenvalue weighted by Crippen LogP contribution is 2.24. The number of nitrogens with one attached hydrogen (secondary N) is 1. The van der Waals surface area contributed by atoms with Gasteiger partial charge < -0.3 is 10.7 Å². The predicted molar refractivity (Wildman–Crippen MR) is 69.7 cm³/mol. The summed E-state index contributed by atoms with van der Waals surface area (Å²) in [7, 11) is 0. The molecule has 1 heterocycles. The first kappa shape index (κ1) is 11.2. The van der Waals surface area contributed by atoms with Crippen LogP contribution >= 0.6 is 0 Å². The van der Waals surface area contributed by atoms with Crippen molar-refractivity contribution in [2.75, 3.05) is 0 Å². The molecule has 0 saturated carbocycles. The summed E-state index contributed by atoms with van der Waals surface area (Å²) in [6.45, 7) is 6.40. The summed E-state index contributed by atoms with van der Waals surface area (Å²) in [5, 5.41) is 1.33. The van der Waals surface area contributed by atoms with Crippen LogP contribution in [0.15, 0.2) is 18.2 Å². The molecule has 1 aromatic heterocycles. The summed E-state index contributed by atoms with van der Waals surface area (Å²) >= 11 is 0. The van der Waals surface area contributed by atoms with Crippen LogP contribution in [0.1, 0.15) is 30.2 Å². The van der Waals surface area contributed by atoms with Crippen molar-refractivity contribution >= 4 is 10.9 Å². The van der Waals surface area contributed by atoms with Crippen LogP contribution < -0.4 is 5.73 Å². The zero-order valence-electron chi connectivity index (χ0n) is 10.3. The van der Waals surface area contributed by atoms with Crippen molar-refractivity contribution in [1.82, 2.24) is 4.98 Å². The molecule has 2 aromatic rings. The fourth-order valence-corrected chi connectivity index (χ4v) is 2.17. The maximum atomic E-state index is 6.05. The average molecular weight is 216 g/mol. The van der Waals surface area contributed by atoms with Gasteiger partial charge in [-0.05, 0) is 44.4 Å². The molecule has 2 nitrogen and oxygen atoms in total. The quantitative estimate of drug-likeness (QED) is 0.813. The van der Waals surface area contributed by atoms with Gasteiger partial charge >= 0.3 is 0 Å². The normalized spacial score (nSPS) is 13.2. The minimum Gasteiger partial charge on any atom is -0.358 e. The van der Waals surface area contributed by atoms with Gasteiger partial charge in [0, 0.05) is 22.6 Å². The topological polar surface area (TPSA) is 41.8 Å². The number of fused-ring (bicyclic) bond motifs is 1. The molecule has 3 N–H and O–H groups in total. The number of hydrogen-bond acceptors (Lipinski definition) is 1. The van der Waals surface area contributed by atoms with Crippen molar-refractivity contribution in [3.05, 3.63) is 35.0 Å². The number of benzene rings is 1. The summed E-state index contributed by atoms with van der Waals surface area (Å²) in [5.74, 6) is 0. The van der Waals surface area contributed by atoms with E-state index < -0.39 is 0 Å².